The summed E-state index contributed by atoms with van der Waals surface area (Å²) in [4.78, 5) is 23.8. The van der Waals surface area contributed by atoms with Crippen LogP contribution in [0.4, 0.5) is 13.6 Å². The van der Waals surface area contributed by atoms with Crippen LogP contribution >= 0.6 is 0 Å². The van der Waals surface area contributed by atoms with Gasteiger partial charge in [-0.3, -0.25) is 4.79 Å². The van der Waals surface area contributed by atoms with Crippen LogP contribution in [0.25, 0.3) is 0 Å². The van der Waals surface area contributed by atoms with Gasteiger partial charge in [-0.25, -0.2) is 13.6 Å². The second-order valence-electron chi connectivity index (χ2n) is 6.59. The van der Waals surface area contributed by atoms with Crippen LogP contribution in [-0.4, -0.2) is 37.1 Å². The van der Waals surface area contributed by atoms with Gasteiger partial charge in [-0.15, -0.1) is 0 Å². The molecule has 1 aliphatic rings. The summed E-state index contributed by atoms with van der Waals surface area (Å²) in [6.07, 6.45) is 2.82. The molecule has 1 saturated heterocycles. The number of hydrogen-bond donors (Lipinski definition) is 4. The Morgan fingerprint density at radius 3 is 2.77 bits per heavy atom. The predicted octanol–water partition coefficient (Wildman–Crippen LogP) is 1.75. The van der Waals surface area contributed by atoms with Crippen LogP contribution in [0.1, 0.15) is 44.1 Å². The zero-order valence-electron chi connectivity index (χ0n) is 14.9. The van der Waals surface area contributed by atoms with Crippen molar-refractivity contribution < 1.29 is 18.4 Å². The number of carbonyl (C=O) groups excluding carboxylic acids is 2. The lowest BCUT2D eigenvalue weighted by molar-refractivity contribution is -0.124. The van der Waals surface area contributed by atoms with Crippen molar-refractivity contribution >= 4 is 11.9 Å². The van der Waals surface area contributed by atoms with E-state index in [-0.39, 0.29) is 17.9 Å². The Hall–Kier alpha value is -2.22. The number of carbonyl (C=O) groups is 2. The fourth-order valence-corrected chi connectivity index (χ4v) is 3.28. The van der Waals surface area contributed by atoms with Gasteiger partial charge in [0.05, 0.1) is 0 Å². The van der Waals surface area contributed by atoms with E-state index < -0.39 is 23.7 Å². The van der Waals surface area contributed by atoms with Gasteiger partial charge in [0.15, 0.2) is 11.6 Å². The van der Waals surface area contributed by atoms with E-state index in [1.165, 1.54) is 6.07 Å². The van der Waals surface area contributed by atoms with Gasteiger partial charge in [0.25, 0.3) is 0 Å². The molecule has 1 aromatic carbocycles. The van der Waals surface area contributed by atoms with E-state index in [4.69, 9.17) is 5.73 Å². The molecule has 3 amide bonds. The van der Waals surface area contributed by atoms with Crippen LogP contribution in [0, 0.1) is 11.6 Å². The minimum absolute atomic E-state index is 0.143. The number of unbranched alkanes of at least 4 members (excludes halogenated alkanes) is 1. The molecule has 0 spiro atoms. The zero-order chi connectivity index (χ0) is 19.1. The Kier molecular flexibility index (Phi) is 7.32. The zero-order valence-corrected chi connectivity index (χ0v) is 14.9. The summed E-state index contributed by atoms with van der Waals surface area (Å²) < 4.78 is 26.8. The maximum Gasteiger partial charge on any atom is 0.312 e. The smallest absolute Gasteiger partial charge is 0.312 e. The van der Waals surface area contributed by atoms with Gasteiger partial charge in [0.1, 0.15) is 6.04 Å². The fraction of sp³-hybridized carbons (Fsp3) is 0.556. The van der Waals surface area contributed by atoms with Crippen LogP contribution < -0.4 is 21.7 Å². The van der Waals surface area contributed by atoms with E-state index in [1.807, 2.05) is 6.92 Å². The molecule has 0 saturated carbocycles. The molecule has 6 nitrogen and oxygen atoms in total. The molecule has 3 atom stereocenters. The van der Waals surface area contributed by atoms with Crippen molar-refractivity contribution in [3.8, 4) is 0 Å². The minimum atomic E-state index is -0.901. The van der Waals surface area contributed by atoms with Crippen molar-refractivity contribution in [2.24, 2.45) is 5.73 Å². The predicted molar refractivity (Wildman–Crippen MR) is 94.5 cm³/mol. The summed E-state index contributed by atoms with van der Waals surface area (Å²) >= 11 is 0. The number of rotatable bonds is 7. The molecular weight excluding hydrogens is 342 g/mol. The van der Waals surface area contributed by atoms with E-state index >= 15 is 0 Å². The van der Waals surface area contributed by atoms with E-state index in [1.54, 1.807) is 6.07 Å². The largest absolute Gasteiger partial charge is 0.352 e. The Morgan fingerprint density at radius 1 is 1.35 bits per heavy atom. The highest BCUT2D eigenvalue weighted by Gasteiger charge is 2.30. The molecule has 0 aliphatic carbocycles. The molecule has 0 bridgehead atoms. The number of nitrogens with one attached hydrogen (secondary N) is 3. The highest BCUT2D eigenvalue weighted by atomic mass is 19.2. The van der Waals surface area contributed by atoms with Gasteiger partial charge in [-0.05, 0) is 37.1 Å². The monoisotopic (exact) mass is 368 g/mol. The van der Waals surface area contributed by atoms with Gasteiger partial charge in [0.2, 0.25) is 5.91 Å². The molecule has 3 unspecified atom stereocenters. The topological polar surface area (TPSA) is 96.2 Å². The van der Waals surface area contributed by atoms with Crippen LogP contribution in [-0.2, 0) is 4.79 Å². The number of nitrogens with two attached hydrogens (primary N) is 1. The van der Waals surface area contributed by atoms with E-state index in [0.717, 1.165) is 25.5 Å². The molecule has 1 aromatic rings. The maximum absolute atomic E-state index is 13.6. The second-order valence-corrected chi connectivity index (χ2v) is 6.59. The summed E-state index contributed by atoms with van der Waals surface area (Å²) in [5.41, 5.74) is 5.81. The molecule has 5 N–H and O–H groups in total. The molecule has 8 heteroatoms. The fourth-order valence-electron chi connectivity index (χ4n) is 3.28. The molecule has 2 rings (SSSR count). The summed E-state index contributed by atoms with van der Waals surface area (Å²) in [5.74, 6) is -2.26. The van der Waals surface area contributed by atoms with Crippen LogP contribution in [0.2, 0.25) is 0 Å². The van der Waals surface area contributed by atoms with E-state index in [0.29, 0.717) is 24.9 Å². The molecular formula is C18H26F2N4O2. The molecule has 26 heavy (non-hydrogen) atoms. The lowest BCUT2D eigenvalue weighted by Gasteiger charge is -2.34. The summed E-state index contributed by atoms with van der Waals surface area (Å²) in [7, 11) is 0. The van der Waals surface area contributed by atoms with Crippen molar-refractivity contribution in [1.29, 1.82) is 0 Å². The average Bonchev–Trinajstić information content (AvgIpc) is 2.61. The van der Waals surface area contributed by atoms with Gasteiger partial charge in [-0.2, -0.15) is 0 Å². The van der Waals surface area contributed by atoms with Crippen molar-refractivity contribution in [1.82, 2.24) is 16.0 Å². The lowest BCUT2D eigenvalue weighted by Crippen LogP contribution is -2.56. The maximum atomic E-state index is 13.6. The Bertz CT molecular complexity index is 642. The molecule has 1 heterocycles. The highest BCUT2D eigenvalue weighted by Crippen LogP contribution is 2.27. The molecule has 1 fully saturated rings. The molecule has 0 aromatic heterocycles. The van der Waals surface area contributed by atoms with Crippen molar-refractivity contribution in [2.45, 2.75) is 50.6 Å². The first kappa shape index (κ1) is 20.1. The number of hydrogen-bond acceptors (Lipinski definition) is 3. The summed E-state index contributed by atoms with van der Waals surface area (Å²) in [5, 5.41) is 8.59. The third kappa shape index (κ3) is 5.39. The standard InChI is InChI=1S/C18H26F2N4O2/c1-2-3-4-15(24-18(21)26)17(25)23-16-10-22-8-7-12(16)11-5-6-13(19)14(20)9-11/h5-6,9,12,15-16,22H,2-4,7-8,10H2,1H3,(H,23,25)(H3,21,24,26). The third-order valence-corrected chi connectivity index (χ3v) is 4.66. The van der Waals surface area contributed by atoms with Gasteiger partial charge in [0, 0.05) is 18.5 Å². The Balaban J connectivity index is 2.11. The molecule has 1 aliphatic heterocycles. The Morgan fingerprint density at radius 2 is 2.12 bits per heavy atom. The highest BCUT2D eigenvalue weighted by molar-refractivity contribution is 5.86. The van der Waals surface area contributed by atoms with Crippen LogP contribution in [0.5, 0.6) is 0 Å². The molecule has 144 valence electrons. The van der Waals surface area contributed by atoms with E-state index in [2.05, 4.69) is 16.0 Å². The van der Waals surface area contributed by atoms with Crippen molar-refractivity contribution in [3.05, 3.63) is 35.4 Å². The number of piperidine rings is 1. The normalized spacial score (nSPS) is 21.0. The SMILES string of the molecule is CCCCC(NC(N)=O)C(=O)NC1CNCCC1c1ccc(F)c(F)c1. The van der Waals surface area contributed by atoms with Crippen LogP contribution in [0.3, 0.4) is 0 Å². The van der Waals surface area contributed by atoms with Crippen LogP contribution in [0.15, 0.2) is 18.2 Å². The van der Waals surface area contributed by atoms with E-state index in [9.17, 15) is 18.4 Å². The number of urea groups is 1. The third-order valence-electron chi connectivity index (χ3n) is 4.66. The van der Waals surface area contributed by atoms with Gasteiger partial charge in [-0.1, -0.05) is 25.8 Å². The first-order chi connectivity index (χ1) is 12.4. The first-order valence-electron chi connectivity index (χ1n) is 8.94. The van der Waals surface area contributed by atoms with Crippen molar-refractivity contribution in [3.63, 3.8) is 0 Å². The van der Waals surface area contributed by atoms with Crippen molar-refractivity contribution in [2.75, 3.05) is 13.1 Å². The quantitative estimate of drug-likeness (QED) is 0.590. The number of amides is 3. The Labute approximate surface area is 151 Å². The lowest BCUT2D eigenvalue weighted by atomic mass is 9.85. The second kappa shape index (κ2) is 9.47. The van der Waals surface area contributed by atoms with Gasteiger partial charge >= 0.3 is 6.03 Å². The number of halogens is 2. The minimum Gasteiger partial charge on any atom is -0.352 e. The average molecular weight is 368 g/mol. The number of primary amides is 1. The van der Waals surface area contributed by atoms with Gasteiger partial charge < -0.3 is 21.7 Å². The summed E-state index contributed by atoms with van der Waals surface area (Å²) in [6.45, 7) is 3.21. The summed E-state index contributed by atoms with van der Waals surface area (Å²) in [6, 6.07) is 2.08. The molecule has 0 radical (unpaired) electrons. The number of benzene rings is 1. The first-order valence-corrected chi connectivity index (χ1v) is 8.94.